The number of hydrogen-bond donors (Lipinski definition) is 2. The first kappa shape index (κ1) is 19.3. The quantitative estimate of drug-likeness (QED) is 0.670. The number of pyridine rings is 1. The molecule has 1 atom stereocenters. The third-order valence-electron chi connectivity index (χ3n) is 4.97. The van der Waals surface area contributed by atoms with Gasteiger partial charge in [-0.25, -0.2) is 18.6 Å². The Morgan fingerprint density at radius 3 is 2.69 bits per heavy atom. The van der Waals surface area contributed by atoms with Gasteiger partial charge in [-0.15, -0.1) is 0 Å². The molecule has 0 aliphatic heterocycles. The van der Waals surface area contributed by atoms with E-state index in [0.717, 1.165) is 16.8 Å². The van der Waals surface area contributed by atoms with E-state index in [2.05, 4.69) is 15.3 Å². The van der Waals surface area contributed by atoms with Crippen molar-refractivity contribution in [1.29, 1.82) is 0 Å². The van der Waals surface area contributed by atoms with Crippen LogP contribution in [0.1, 0.15) is 30.3 Å². The van der Waals surface area contributed by atoms with E-state index in [-0.39, 0.29) is 38.9 Å². The zero-order valence-corrected chi connectivity index (χ0v) is 15.9. The summed E-state index contributed by atoms with van der Waals surface area (Å²) in [5.74, 6) is -1.58. The molecule has 1 amide bonds. The van der Waals surface area contributed by atoms with E-state index in [1.165, 1.54) is 19.2 Å². The van der Waals surface area contributed by atoms with Crippen LogP contribution in [0.25, 0.3) is 16.6 Å². The van der Waals surface area contributed by atoms with Crippen LogP contribution in [0.5, 0.6) is 0 Å². The van der Waals surface area contributed by atoms with Gasteiger partial charge in [-0.3, -0.25) is 14.3 Å². The molecule has 1 aliphatic carbocycles. The van der Waals surface area contributed by atoms with E-state index in [4.69, 9.17) is 11.6 Å². The molecule has 0 radical (unpaired) electrons. The molecular weight excluding hydrogens is 406 g/mol. The molecule has 2 heterocycles. The SMILES string of the molecule is Cc1c(F)cncc1-n1c(C(NC(=O)O)C2CC2)nc2c(F)ccc(Cl)c2c1=O. The molecule has 29 heavy (non-hydrogen) atoms. The molecule has 2 N–H and O–H groups in total. The van der Waals surface area contributed by atoms with E-state index in [1.54, 1.807) is 0 Å². The van der Waals surface area contributed by atoms with Crippen LogP contribution < -0.4 is 10.9 Å². The van der Waals surface area contributed by atoms with Crippen molar-refractivity contribution in [3.63, 3.8) is 0 Å². The van der Waals surface area contributed by atoms with Crippen molar-refractivity contribution in [2.45, 2.75) is 25.8 Å². The molecule has 2 aromatic heterocycles. The Labute approximate surface area is 168 Å². The van der Waals surface area contributed by atoms with Crippen molar-refractivity contribution in [3.05, 3.63) is 62.9 Å². The molecule has 0 bridgehead atoms. The van der Waals surface area contributed by atoms with E-state index in [9.17, 15) is 23.5 Å². The lowest BCUT2D eigenvalue weighted by Gasteiger charge is -2.22. The van der Waals surface area contributed by atoms with Gasteiger partial charge < -0.3 is 10.4 Å². The highest BCUT2D eigenvalue weighted by molar-refractivity contribution is 6.35. The highest BCUT2D eigenvalue weighted by atomic mass is 35.5. The van der Waals surface area contributed by atoms with E-state index < -0.39 is 29.3 Å². The Hall–Kier alpha value is -3.07. The minimum Gasteiger partial charge on any atom is -0.465 e. The second-order valence-corrected chi connectivity index (χ2v) is 7.30. The summed E-state index contributed by atoms with van der Waals surface area (Å²) in [6, 6.07) is 1.43. The fourth-order valence-corrected chi connectivity index (χ4v) is 3.58. The molecule has 0 saturated heterocycles. The van der Waals surface area contributed by atoms with Gasteiger partial charge >= 0.3 is 6.09 Å². The van der Waals surface area contributed by atoms with Crippen molar-refractivity contribution < 1.29 is 18.7 Å². The fraction of sp³-hybridized carbons (Fsp3) is 0.263. The molecule has 10 heteroatoms. The number of carbonyl (C=O) groups is 1. The van der Waals surface area contributed by atoms with Crippen LogP contribution in [0.15, 0.2) is 29.3 Å². The summed E-state index contributed by atoms with van der Waals surface area (Å²) in [6.07, 6.45) is 2.37. The number of carboxylic acid groups (broad SMARTS) is 1. The van der Waals surface area contributed by atoms with Crippen molar-refractivity contribution >= 4 is 28.6 Å². The van der Waals surface area contributed by atoms with Gasteiger partial charge in [-0.1, -0.05) is 11.6 Å². The number of rotatable bonds is 4. The van der Waals surface area contributed by atoms with E-state index >= 15 is 0 Å². The van der Waals surface area contributed by atoms with Crippen LogP contribution in [0.4, 0.5) is 13.6 Å². The zero-order chi connectivity index (χ0) is 20.9. The van der Waals surface area contributed by atoms with Gasteiger partial charge in [0.1, 0.15) is 23.0 Å². The second kappa shape index (κ2) is 7.07. The maximum Gasteiger partial charge on any atom is 0.405 e. The Morgan fingerprint density at radius 1 is 1.31 bits per heavy atom. The Bertz CT molecular complexity index is 1210. The average Bonchev–Trinajstić information content (AvgIpc) is 3.50. The maximum absolute atomic E-state index is 14.5. The first-order valence-electron chi connectivity index (χ1n) is 8.80. The monoisotopic (exact) mass is 420 g/mol. The lowest BCUT2D eigenvalue weighted by Crippen LogP contribution is -2.35. The summed E-state index contributed by atoms with van der Waals surface area (Å²) < 4.78 is 29.7. The third-order valence-corrected chi connectivity index (χ3v) is 5.28. The zero-order valence-electron chi connectivity index (χ0n) is 15.1. The Balaban J connectivity index is 2.13. The van der Waals surface area contributed by atoms with Crippen molar-refractivity contribution in [3.8, 4) is 5.69 Å². The van der Waals surface area contributed by atoms with Gasteiger partial charge in [0.15, 0.2) is 0 Å². The summed E-state index contributed by atoms with van der Waals surface area (Å²) in [7, 11) is 0. The average molecular weight is 421 g/mol. The van der Waals surface area contributed by atoms with Gasteiger partial charge in [0.25, 0.3) is 5.56 Å². The summed E-state index contributed by atoms with van der Waals surface area (Å²) in [5.41, 5.74) is -0.809. The fourth-order valence-electron chi connectivity index (χ4n) is 3.35. The highest BCUT2D eigenvalue weighted by Crippen LogP contribution is 2.41. The lowest BCUT2D eigenvalue weighted by molar-refractivity contribution is 0.187. The first-order valence-corrected chi connectivity index (χ1v) is 9.18. The highest BCUT2D eigenvalue weighted by Gasteiger charge is 2.37. The van der Waals surface area contributed by atoms with Crippen molar-refractivity contribution in [2.75, 3.05) is 0 Å². The van der Waals surface area contributed by atoms with E-state index in [0.29, 0.717) is 12.8 Å². The molecule has 150 valence electrons. The van der Waals surface area contributed by atoms with Crippen LogP contribution in [-0.2, 0) is 0 Å². The Kier molecular flexibility index (Phi) is 4.70. The van der Waals surface area contributed by atoms with Crippen LogP contribution in [0.3, 0.4) is 0 Å². The standard InChI is InChI=1S/C19H15ClF2N4O3/c1-8-12(22)6-23-7-13(8)26-17(15(9-2-3-9)25-19(28)29)24-16-11(21)5-4-10(20)14(16)18(26)27/h4-7,9,15,25H,2-3H2,1H3,(H,28,29). The topological polar surface area (TPSA) is 97.1 Å². The predicted molar refractivity (Wildman–Crippen MR) is 101 cm³/mol. The first-order chi connectivity index (χ1) is 13.8. The van der Waals surface area contributed by atoms with Gasteiger partial charge in [0, 0.05) is 5.56 Å². The second-order valence-electron chi connectivity index (χ2n) is 6.89. The van der Waals surface area contributed by atoms with Gasteiger partial charge in [0.05, 0.1) is 34.5 Å². The number of halogens is 3. The molecule has 4 rings (SSSR count). The minimum atomic E-state index is -1.32. The van der Waals surface area contributed by atoms with E-state index in [1.807, 2.05) is 0 Å². The molecule has 1 unspecified atom stereocenters. The molecule has 1 saturated carbocycles. The number of amides is 1. The number of nitrogens with one attached hydrogen (secondary N) is 1. The molecule has 7 nitrogen and oxygen atoms in total. The summed E-state index contributed by atoms with van der Waals surface area (Å²) >= 11 is 6.14. The molecular formula is C19H15ClF2N4O3. The number of nitrogens with zero attached hydrogens (tertiary/aromatic N) is 3. The number of hydrogen-bond acceptors (Lipinski definition) is 4. The van der Waals surface area contributed by atoms with Gasteiger partial charge in [0.2, 0.25) is 0 Å². The summed E-state index contributed by atoms with van der Waals surface area (Å²) in [5, 5.41) is 11.4. The summed E-state index contributed by atoms with van der Waals surface area (Å²) in [4.78, 5) is 32.8. The Morgan fingerprint density at radius 2 is 2.03 bits per heavy atom. The van der Waals surface area contributed by atoms with Crippen LogP contribution in [-0.4, -0.2) is 25.7 Å². The molecule has 0 spiro atoms. The predicted octanol–water partition coefficient (Wildman–Crippen LogP) is 3.74. The number of aromatic nitrogens is 3. The molecule has 1 aromatic carbocycles. The number of fused-ring (bicyclic) bond motifs is 1. The summed E-state index contributed by atoms with van der Waals surface area (Å²) in [6.45, 7) is 1.46. The van der Waals surface area contributed by atoms with Crippen LogP contribution >= 0.6 is 11.6 Å². The molecule has 3 aromatic rings. The third kappa shape index (κ3) is 3.31. The maximum atomic E-state index is 14.5. The van der Waals surface area contributed by atoms with Crippen molar-refractivity contribution in [1.82, 2.24) is 19.9 Å². The normalized spacial score (nSPS) is 14.8. The molecule has 1 fully saturated rings. The number of benzene rings is 1. The largest absolute Gasteiger partial charge is 0.465 e. The molecule has 1 aliphatic rings. The smallest absolute Gasteiger partial charge is 0.405 e. The lowest BCUT2D eigenvalue weighted by atomic mass is 10.1. The van der Waals surface area contributed by atoms with Crippen molar-refractivity contribution in [2.24, 2.45) is 5.92 Å². The van der Waals surface area contributed by atoms with Crippen LogP contribution in [0.2, 0.25) is 5.02 Å². The van der Waals surface area contributed by atoms with Gasteiger partial charge in [-0.2, -0.15) is 0 Å². The van der Waals surface area contributed by atoms with Crippen LogP contribution in [0, 0.1) is 24.5 Å². The van der Waals surface area contributed by atoms with Gasteiger partial charge in [-0.05, 0) is 37.8 Å². The minimum absolute atomic E-state index is 0.0182.